The number of phenolic OH excluding ortho intramolecular Hbond substituents is 1. The maximum Gasteiger partial charge on any atom is 0.255 e. The van der Waals surface area contributed by atoms with Gasteiger partial charge >= 0.3 is 0 Å². The van der Waals surface area contributed by atoms with E-state index in [2.05, 4.69) is 10.2 Å². The monoisotopic (exact) mass is 296 g/mol. The van der Waals surface area contributed by atoms with E-state index in [0.29, 0.717) is 11.6 Å². The number of nitrogens with one attached hydrogen (secondary N) is 1. The van der Waals surface area contributed by atoms with Crippen molar-refractivity contribution >= 4 is 17.5 Å². The van der Waals surface area contributed by atoms with Crippen molar-refractivity contribution in [2.75, 3.05) is 20.6 Å². The lowest BCUT2D eigenvalue weighted by molar-refractivity contribution is 0.0897. The van der Waals surface area contributed by atoms with Gasteiger partial charge in [0.15, 0.2) is 0 Å². The van der Waals surface area contributed by atoms with Crippen molar-refractivity contribution in [3.63, 3.8) is 0 Å². The first-order valence-corrected chi connectivity index (χ1v) is 7.26. The molecule has 1 aromatic rings. The predicted molar refractivity (Wildman–Crippen MR) is 80.3 cm³/mol. The molecule has 2 N–H and O–H groups in total. The van der Waals surface area contributed by atoms with Crippen LogP contribution in [0.15, 0.2) is 18.2 Å². The third-order valence-corrected chi connectivity index (χ3v) is 4.50. The fraction of sp³-hybridized carbons (Fsp3) is 0.533. The van der Waals surface area contributed by atoms with Gasteiger partial charge in [0.2, 0.25) is 0 Å². The van der Waals surface area contributed by atoms with Gasteiger partial charge in [-0.15, -0.1) is 0 Å². The van der Waals surface area contributed by atoms with Gasteiger partial charge in [-0.1, -0.05) is 24.4 Å². The molecule has 1 aromatic carbocycles. The van der Waals surface area contributed by atoms with Gasteiger partial charge < -0.3 is 15.3 Å². The van der Waals surface area contributed by atoms with Crippen molar-refractivity contribution in [1.82, 2.24) is 10.2 Å². The van der Waals surface area contributed by atoms with Crippen LogP contribution in [0.4, 0.5) is 0 Å². The van der Waals surface area contributed by atoms with E-state index in [9.17, 15) is 9.90 Å². The molecule has 0 atom stereocenters. The molecule has 0 aliphatic heterocycles. The molecule has 110 valence electrons. The van der Waals surface area contributed by atoms with Crippen LogP contribution in [-0.2, 0) is 0 Å². The maximum absolute atomic E-state index is 12.2. The third kappa shape index (κ3) is 3.07. The van der Waals surface area contributed by atoms with E-state index >= 15 is 0 Å². The number of benzene rings is 1. The standard InChI is InChI=1S/C15H21ClN2O2/c1-18(2)15(7-3-4-8-15)10-17-14(20)12-9-11(16)5-6-13(12)19/h5-6,9,19H,3-4,7-8,10H2,1-2H3,(H,17,20). The lowest BCUT2D eigenvalue weighted by Gasteiger charge is -2.36. The Bertz CT molecular complexity index is 497. The van der Waals surface area contributed by atoms with Gasteiger partial charge in [-0.3, -0.25) is 4.79 Å². The Balaban J connectivity index is 2.06. The van der Waals surface area contributed by atoms with Crippen LogP contribution in [0.1, 0.15) is 36.0 Å². The second-order valence-electron chi connectivity index (χ2n) is 5.67. The molecule has 0 radical (unpaired) electrons. The average molecular weight is 297 g/mol. The Morgan fingerprint density at radius 3 is 2.65 bits per heavy atom. The van der Waals surface area contributed by atoms with Crippen LogP contribution in [0.25, 0.3) is 0 Å². The van der Waals surface area contributed by atoms with Crippen LogP contribution in [0.3, 0.4) is 0 Å². The zero-order valence-electron chi connectivity index (χ0n) is 11.9. The van der Waals surface area contributed by atoms with E-state index in [1.54, 1.807) is 6.07 Å². The summed E-state index contributed by atoms with van der Waals surface area (Å²) in [6, 6.07) is 4.49. The molecule has 2 rings (SSSR count). The predicted octanol–water partition coefficient (Wildman–Crippen LogP) is 2.65. The second kappa shape index (κ2) is 6.02. The molecule has 0 spiro atoms. The number of aromatic hydroxyl groups is 1. The molecule has 1 amide bonds. The Kier molecular flexibility index (Phi) is 4.55. The van der Waals surface area contributed by atoms with Crippen LogP contribution in [-0.4, -0.2) is 42.1 Å². The van der Waals surface area contributed by atoms with Crippen LogP contribution in [0.5, 0.6) is 5.75 Å². The first kappa shape index (κ1) is 15.1. The van der Waals surface area contributed by atoms with Crippen LogP contribution >= 0.6 is 11.6 Å². The van der Waals surface area contributed by atoms with Crippen molar-refractivity contribution in [1.29, 1.82) is 0 Å². The molecule has 0 bridgehead atoms. The Morgan fingerprint density at radius 2 is 2.05 bits per heavy atom. The minimum atomic E-state index is -0.280. The number of phenols is 1. The number of halogens is 1. The van der Waals surface area contributed by atoms with Crippen LogP contribution in [0, 0.1) is 0 Å². The summed E-state index contributed by atoms with van der Waals surface area (Å²) in [4.78, 5) is 14.4. The van der Waals surface area contributed by atoms with Crippen LogP contribution < -0.4 is 5.32 Å². The molecule has 1 aliphatic rings. The van der Waals surface area contributed by atoms with Crippen molar-refractivity contribution in [3.05, 3.63) is 28.8 Å². The van der Waals surface area contributed by atoms with E-state index < -0.39 is 0 Å². The molecule has 0 saturated heterocycles. The van der Waals surface area contributed by atoms with Gasteiger partial charge in [0.25, 0.3) is 5.91 Å². The summed E-state index contributed by atoms with van der Waals surface area (Å²) in [6.07, 6.45) is 4.55. The first-order chi connectivity index (χ1) is 9.44. The molecular formula is C15H21ClN2O2. The first-order valence-electron chi connectivity index (χ1n) is 6.89. The highest BCUT2D eigenvalue weighted by Crippen LogP contribution is 2.33. The quantitative estimate of drug-likeness (QED) is 0.898. The van der Waals surface area contributed by atoms with Gasteiger partial charge in [-0.05, 0) is 45.1 Å². The highest BCUT2D eigenvalue weighted by molar-refractivity contribution is 6.31. The zero-order valence-corrected chi connectivity index (χ0v) is 12.7. The minimum absolute atomic E-state index is 0.0316. The average Bonchev–Trinajstić information content (AvgIpc) is 2.89. The number of likely N-dealkylation sites (N-methyl/N-ethyl adjacent to an activating group) is 1. The number of amides is 1. The summed E-state index contributed by atoms with van der Waals surface area (Å²) in [5.41, 5.74) is 0.258. The number of nitrogens with zero attached hydrogens (tertiary/aromatic N) is 1. The number of carbonyl (C=O) groups is 1. The van der Waals surface area contributed by atoms with Crippen molar-refractivity contribution in [3.8, 4) is 5.75 Å². The molecule has 1 saturated carbocycles. The summed E-state index contributed by atoms with van der Waals surface area (Å²) in [5.74, 6) is -0.324. The lowest BCUT2D eigenvalue weighted by Crippen LogP contribution is -2.50. The van der Waals surface area contributed by atoms with E-state index in [0.717, 1.165) is 12.8 Å². The SMILES string of the molecule is CN(C)C1(CNC(=O)c2cc(Cl)ccc2O)CCCC1. The van der Waals surface area contributed by atoms with E-state index in [1.807, 2.05) is 14.1 Å². The van der Waals surface area contributed by atoms with Crippen molar-refractivity contribution in [2.45, 2.75) is 31.2 Å². The number of hydrogen-bond acceptors (Lipinski definition) is 3. The molecule has 0 aromatic heterocycles. The summed E-state index contributed by atoms with van der Waals surface area (Å²) in [5, 5.41) is 13.1. The smallest absolute Gasteiger partial charge is 0.255 e. The van der Waals surface area contributed by atoms with E-state index in [4.69, 9.17) is 11.6 Å². The molecular weight excluding hydrogens is 276 g/mol. The highest BCUT2D eigenvalue weighted by atomic mass is 35.5. The molecule has 1 aliphatic carbocycles. The number of hydrogen-bond donors (Lipinski definition) is 2. The van der Waals surface area contributed by atoms with Gasteiger partial charge in [-0.25, -0.2) is 0 Å². The molecule has 20 heavy (non-hydrogen) atoms. The van der Waals surface area contributed by atoms with Gasteiger partial charge in [0, 0.05) is 17.1 Å². The van der Waals surface area contributed by atoms with Gasteiger partial charge in [-0.2, -0.15) is 0 Å². The topological polar surface area (TPSA) is 52.6 Å². The second-order valence-corrected chi connectivity index (χ2v) is 6.11. The molecule has 5 heteroatoms. The normalized spacial score (nSPS) is 17.4. The summed E-state index contributed by atoms with van der Waals surface area (Å²) in [7, 11) is 4.10. The third-order valence-electron chi connectivity index (χ3n) is 4.26. The lowest BCUT2D eigenvalue weighted by atomic mass is 9.96. The molecule has 0 heterocycles. The summed E-state index contributed by atoms with van der Waals surface area (Å²) in [6.45, 7) is 0.588. The van der Waals surface area contributed by atoms with Crippen molar-refractivity contribution < 1.29 is 9.90 Å². The largest absolute Gasteiger partial charge is 0.507 e. The zero-order chi connectivity index (χ0) is 14.8. The summed E-state index contributed by atoms with van der Waals surface area (Å²) >= 11 is 5.87. The van der Waals surface area contributed by atoms with E-state index in [1.165, 1.54) is 25.0 Å². The Morgan fingerprint density at radius 1 is 1.40 bits per heavy atom. The number of rotatable bonds is 4. The van der Waals surface area contributed by atoms with Crippen LogP contribution in [0.2, 0.25) is 5.02 Å². The minimum Gasteiger partial charge on any atom is -0.507 e. The Labute approximate surface area is 124 Å². The van der Waals surface area contributed by atoms with Crippen molar-refractivity contribution in [2.24, 2.45) is 0 Å². The van der Waals surface area contributed by atoms with Gasteiger partial charge in [0.1, 0.15) is 5.75 Å². The molecule has 0 unspecified atom stereocenters. The highest BCUT2D eigenvalue weighted by Gasteiger charge is 2.36. The fourth-order valence-corrected chi connectivity index (χ4v) is 3.02. The molecule has 4 nitrogen and oxygen atoms in total. The maximum atomic E-state index is 12.2. The van der Waals surface area contributed by atoms with Gasteiger partial charge in [0.05, 0.1) is 5.56 Å². The number of carbonyl (C=O) groups excluding carboxylic acids is 1. The van der Waals surface area contributed by atoms with E-state index in [-0.39, 0.29) is 22.8 Å². The summed E-state index contributed by atoms with van der Waals surface area (Å²) < 4.78 is 0. The molecule has 1 fully saturated rings. The Hall–Kier alpha value is -1.26. The fourth-order valence-electron chi connectivity index (χ4n) is 2.85.